The normalized spacial score (nSPS) is 27.6. The number of nitrogens with two attached hydrogens (primary N) is 2. The fourth-order valence-electron chi connectivity index (χ4n) is 6.25. The number of nitrogens with one attached hydrogen (secondary N) is 2. The Labute approximate surface area is 226 Å². The summed E-state index contributed by atoms with van der Waals surface area (Å²) in [5, 5.41) is 2.88. The van der Waals surface area contributed by atoms with Gasteiger partial charge in [0.2, 0.25) is 21.2 Å². The van der Waals surface area contributed by atoms with Gasteiger partial charge >= 0.3 is 0 Å². The molecule has 38 heavy (non-hydrogen) atoms. The van der Waals surface area contributed by atoms with E-state index in [-0.39, 0.29) is 40.3 Å². The van der Waals surface area contributed by atoms with Gasteiger partial charge in [-0.3, -0.25) is 4.79 Å². The average Bonchev–Trinajstić information content (AvgIpc) is 3.43. The molecule has 3 aliphatic rings. The number of sulfonamides is 1. The fourth-order valence-corrected chi connectivity index (χ4v) is 7.55. The van der Waals surface area contributed by atoms with Crippen LogP contribution in [0.2, 0.25) is 5.28 Å². The Morgan fingerprint density at radius 3 is 2.66 bits per heavy atom. The third kappa shape index (κ3) is 5.37. The molecule has 2 bridgehead atoms. The third-order valence-corrected chi connectivity index (χ3v) is 9.70. The number of likely N-dealkylation sites (N-methyl/N-ethyl adjacent to an activating group) is 1. The lowest BCUT2D eigenvalue weighted by atomic mass is 9.78. The minimum atomic E-state index is -3.85. The Bertz CT molecular complexity index is 1320. The molecule has 6 N–H and O–H groups in total. The van der Waals surface area contributed by atoms with Crippen LogP contribution in [-0.2, 0) is 14.8 Å². The topological polar surface area (TPSA) is 160 Å². The van der Waals surface area contributed by atoms with Gasteiger partial charge in [0, 0.05) is 50.1 Å². The van der Waals surface area contributed by atoms with E-state index in [1.165, 1.54) is 6.07 Å². The molecule has 206 valence electrons. The number of carbonyl (C=O) groups excluding carboxylic acids is 1. The highest BCUT2D eigenvalue weighted by atomic mass is 35.5. The molecular formula is C24H32ClFN8O3S. The van der Waals surface area contributed by atoms with E-state index in [2.05, 4.69) is 36.9 Å². The van der Waals surface area contributed by atoms with E-state index >= 15 is 0 Å². The van der Waals surface area contributed by atoms with Crippen LogP contribution < -0.4 is 26.4 Å². The summed E-state index contributed by atoms with van der Waals surface area (Å²) in [6, 6.07) is 4.40. The van der Waals surface area contributed by atoms with Crippen molar-refractivity contribution in [3.05, 3.63) is 35.5 Å². The van der Waals surface area contributed by atoms with Crippen LogP contribution in [0, 0.1) is 29.5 Å². The van der Waals surface area contributed by atoms with Crippen molar-refractivity contribution in [3.63, 3.8) is 0 Å². The van der Waals surface area contributed by atoms with Gasteiger partial charge in [-0.05, 0) is 67.4 Å². The van der Waals surface area contributed by atoms with Crippen LogP contribution in [0.5, 0.6) is 0 Å². The predicted octanol–water partition coefficient (Wildman–Crippen LogP) is 1.12. The summed E-state index contributed by atoms with van der Waals surface area (Å²) in [5.41, 5.74) is 12.9. The van der Waals surface area contributed by atoms with E-state index in [4.69, 9.17) is 23.1 Å². The number of anilines is 3. The smallest absolute Gasteiger partial charge is 0.240 e. The van der Waals surface area contributed by atoms with Gasteiger partial charge in [0.1, 0.15) is 0 Å². The van der Waals surface area contributed by atoms with Gasteiger partial charge in [-0.1, -0.05) is 0 Å². The number of rotatable bonds is 8. The standard InChI is InChI=1S/C24H32ClFN8O3S/c1-33-2-4-34(5-3-33)16-8-15(27)9-17(10-16)38(36,37)30-11-14-6-13-7-18(14)21(20(13)22(28)35)31-23-19(26)12-29-24(25)32-23/h8-10,12-14,18,20-21,30H,2-7,11,27H2,1H3,(H2,28,35)(H,29,31,32). The van der Waals surface area contributed by atoms with Crippen LogP contribution in [0.4, 0.5) is 21.6 Å². The van der Waals surface area contributed by atoms with E-state index in [1.807, 2.05) is 0 Å². The molecule has 0 radical (unpaired) electrons. The van der Waals surface area contributed by atoms with Crippen LogP contribution in [0.1, 0.15) is 12.8 Å². The summed E-state index contributed by atoms with van der Waals surface area (Å²) in [7, 11) is -1.80. The number of aromatic nitrogens is 2. The van der Waals surface area contributed by atoms with Gasteiger partial charge < -0.3 is 26.6 Å². The number of amides is 1. The molecule has 1 aromatic carbocycles. The number of hydrogen-bond acceptors (Lipinski definition) is 9. The van der Waals surface area contributed by atoms with Gasteiger partial charge in [0.05, 0.1) is 17.0 Å². The molecule has 11 nitrogen and oxygen atoms in total. The minimum absolute atomic E-state index is 0.0407. The molecule has 5 unspecified atom stereocenters. The molecule has 1 saturated heterocycles. The quantitative estimate of drug-likeness (QED) is 0.271. The number of nitrogens with zero attached hydrogens (tertiary/aromatic N) is 4. The minimum Gasteiger partial charge on any atom is -0.399 e. The van der Waals surface area contributed by atoms with Crippen LogP contribution in [0.15, 0.2) is 29.3 Å². The highest BCUT2D eigenvalue weighted by Gasteiger charge is 2.55. The molecule has 2 aliphatic carbocycles. The first kappa shape index (κ1) is 26.9. The number of primary amides is 1. The van der Waals surface area contributed by atoms with Crippen molar-refractivity contribution in [2.45, 2.75) is 23.8 Å². The van der Waals surface area contributed by atoms with Crippen LogP contribution in [-0.4, -0.2) is 75.0 Å². The van der Waals surface area contributed by atoms with Gasteiger partial charge in [-0.2, -0.15) is 4.98 Å². The maximum atomic E-state index is 14.3. The molecule has 2 heterocycles. The van der Waals surface area contributed by atoms with Crippen molar-refractivity contribution in [1.82, 2.24) is 19.6 Å². The summed E-state index contributed by atoms with van der Waals surface area (Å²) < 4.78 is 43.7. The lowest BCUT2D eigenvalue weighted by Gasteiger charge is -2.35. The number of halogens is 2. The lowest BCUT2D eigenvalue weighted by Crippen LogP contribution is -2.47. The molecule has 0 spiro atoms. The number of hydrogen-bond donors (Lipinski definition) is 4. The largest absolute Gasteiger partial charge is 0.399 e. The number of piperazine rings is 1. The van der Waals surface area contributed by atoms with Crippen LogP contribution in [0.25, 0.3) is 0 Å². The van der Waals surface area contributed by atoms with Crippen molar-refractivity contribution >= 4 is 44.7 Å². The zero-order valence-electron chi connectivity index (χ0n) is 21.0. The monoisotopic (exact) mass is 566 g/mol. The highest BCUT2D eigenvalue weighted by molar-refractivity contribution is 7.89. The van der Waals surface area contributed by atoms with E-state index < -0.39 is 33.7 Å². The summed E-state index contributed by atoms with van der Waals surface area (Å²) >= 11 is 5.83. The highest BCUT2D eigenvalue weighted by Crippen LogP contribution is 2.52. The molecule has 3 fully saturated rings. The first-order valence-corrected chi connectivity index (χ1v) is 14.5. The SMILES string of the molecule is CN1CCN(c2cc(N)cc(S(=O)(=O)NCC3CC4CC3C(Nc3nc(Cl)ncc3F)C4C(N)=O)c2)CC1. The van der Waals surface area contributed by atoms with E-state index in [9.17, 15) is 17.6 Å². The van der Waals surface area contributed by atoms with Gasteiger partial charge in [0.25, 0.3) is 0 Å². The number of carbonyl (C=O) groups is 1. The molecule has 2 saturated carbocycles. The molecule has 5 atom stereocenters. The molecule has 14 heteroatoms. The van der Waals surface area contributed by atoms with Crippen molar-refractivity contribution in [2.24, 2.45) is 29.4 Å². The van der Waals surface area contributed by atoms with Crippen molar-refractivity contribution in [1.29, 1.82) is 0 Å². The van der Waals surface area contributed by atoms with Crippen molar-refractivity contribution in [3.8, 4) is 0 Å². The summed E-state index contributed by atoms with van der Waals surface area (Å²) in [6.07, 6.45) is 2.26. The van der Waals surface area contributed by atoms with E-state index in [1.54, 1.807) is 12.1 Å². The molecule has 2 aromatic rings. The zero-order valence-corrected chi connectivity index (χ0v) is 22.6. The van der Waals surface area contributed by atoms with Gasteiger partial charge in [0.15, 0.2) is 11.6 Å². The molecule has 1 aromatic heterocycles. The Balaban J connectivity index is 1.30. The second-order valence-electron chi connectivity index (χ2n) is 10.5. The first-order chi connectivity index (χ1) is 18.0. The Hall–Kier alpha value is -2.74. The maximum absolute atomic E-state index is 14.3. The summed E-state index contributed by atoms with van der Waals surface area (Å²) in [6.45, 7) is 3.49. The number of benzene rings is 1. The summed E-state index contributed by atoms with van der Waals surface area (Å²) in [5.74, 6) is -2.05. The Morgan fingerprint density at radius 2 is 1.95 bits per heavy atom. The van der Waals surface area contributed by atoms with Gasteiger partial charge in [-0.25, -0.2) is 22.5 Å². The van der Waals surface area contributed by atoms with E-state index in [0.29, 0.717) is 18.5 Å². The number of nitrogen functional groups attached to an aromatic ring is 1. The van der Waals surface area contributed by atoms with Gasteiger partial charge in [-0.15, -0.1) is 0 Å². The predicted molar refractivity (Wildman–Crippen MR) is 143 cm³/mol. The molecule has 1 amide bonds. The molecular weight excluding hydrogens is 535 g/mol. The van der Waals surface area contributed by atoms with Crippen LogP contribution in [0.3, 0.4) is 0 Å². The second-order valence-corrected chi connectivity index (χ2v) is 12.6. The van der Waals surface area contributed by atoms with Crippen molar-refractivity contribution < 1.29 is 17.6 Å². The average molecular weight is 567 g/mol. The van der Waals surface area contributed by atoms with Crippen LogP contribution >= 0.6 is 11.6 Å². The fraction of sp³-hybridized carbons (Fsp3) is 0.542. The Morgan fingerprint density at radius 1 is 1.21 bits per heavy atom. The molecule has 5 rings (SSSR count). The number of fused-ring (bicyclic) bond motifs is 2. The van der Waals surface area contributed by atoms with Crippen molar-refractivity contribution in [2.75, 3.05) is 55.7 Å². The van der Waals surface area contributed by atoms with E-state index in [0.717, 1.165) is 38.1 Å². The Kier molecular flexibility index (Phi) is 7.37. The third-order valence-electron chi connectivity index (χ3n) is 8.12. The molecule has 1 aliphatic heterocycles. The second kappa shape index (κ2) is 10.4. The lowest BCUT2D eigenvalue weighted by molar-refractivity contribution is -0.123. The summed E-state index contributed by atoms with van der Waals surface area (Å²) in [4.78, 5) is 24.2. The zero-order chi connectivity index (χ0) is 27.2. The first-order valence-electron chi connectivity index (χ1n) is 12.6. The maximum Gasteiger partial charge on any atom is 0.240 e.